The van der Waals surface area contributed by atoms with Gasteiger partial charge in [0.15, 0.2) is 6.54 Å². The molecule has 2 atom stereocenters. The molecule has 0 saturated carbocycles. The Hall–Kier alpha value is -1.67. The first-order valence-electron chi connectivity index (χ1n) is 13.1. The van der Waals surface area contributed by atoms with Crippen LogP contribution in [0.4, 0.5) is 0 Å². The summed E-state index contributed by atoms with van der Waals surface area (Å²) in [6.45, 7) is 4.40. The Morgan fingerprint density at radius 3 is 1.97 bits per heavy atom. The van der Waals surface area contributed by atoms with E-state index in [4.69, 9.17) is 14.6 Å². The van der Waals surface area contributed by atoms with Gasteiger partial charge >= 0.3 is 17.9 Å². The van der Waals surface area contributed by atoms with Crippen molar-refractivity contribution in [3.05, 3.63) is 0 Å². The zero-order chi connectivity index (χ0) is 25.8. The Bertz CT molecular complexity index is 565. The smallest absolute Gasteiger partial charge is 0.362 e. The van der Waals surface area contributed by atoms with Gasteiger partial charge in [0.25, 0.3) is 0 Å². The molecule has 0 fully saturated rings. The van der Waals surface area contributed by atoms with Crippen LogP contribution >= 0.6 is 0 Å². The van der Waals surface area contributed by atoms with Gasteiger partial charge in [0.2, 0.25) is 0 Å². The average molecular weight is 489 g/mol. The predicted molar refractivity (Wildman–Crippen MR) is 132 cm³/mol. The maximum absolute atomic E-state index is 12.6. The fourth-order valence-electron chi connectivity index (χ4n) is 3.87. The molecule has 0 aliphatic rings. The van der Waals surface area contributed by atoms with Crippen LogP contribution in [0.1, 0.15) is 104 Å². The number of quaternary nitrogens is 1. The molecule has 2 unspecified atom stereocenters. The van der Waals surface area contributed by atoms with Gasteiger partial charge in [-0.2, -0.15) is 0 Å². The second kappa shape index (κ2) is 19.6. The highest BCUT2D eigenvalue weighted by atomic mass is 16.6. The third-order valence-corrected chi connectivity index (χ3v) is 6.00. The zero-order valence-electron chi connectivity index (χ0n) is 22.1. The van der Waals surface area contributed by atoms with E-state index in [-0.39, 0.29) is 31.5 Å². The van der Waals surface area contributed by atoms with Gasteiger partial charge in [0.05, 0.1) is 20.2 Å². The number of carboxylic acid groups (broad SMARTS) is 1. The van der Waals surface area contributed by atoms with E-state index in [0.717, 1.165) is 70.6 Å². The fraction of sp³-hybridized carbons (Fsp3) is 0.885. The normalized spacial score (nSPS) is 13.3. The molecule has 34 heavy (non-hydrogen) atoms. The van der Waals surface area contributed by atoms with E-state index >= 15 is 0 Å². The van der Waals surface area contributed by atoms with Crippen LogP contribution in [0.15, 0.2) is 0 Å². The number of aliphatic carboxylic acids is 1. The van der Waals surface area contributed by atoms with Gasteiger partial charge in [-0.3, -0.25) is 9.59 Å². The van der Waals surface area contributed by atoms with Crippen LogP contribution in [0.3, 0.4) is 0 Å². The number of aliphatic hydroxyl groups excluding tert-OH is 1. The van der Waals surface area contributed by atoms with Crippen molar-refractivity contribution in [2.24, 2.45) is 0 Å². The maximum Gasteiger partial charge on any atom is 0.362 e. The summed E-state index contributed by atoms with van der Waals surface area (Å²) < 4.78 is 11.0. The largest absolute Gasteiger partial charge is 0.481 e. The van der Waals surface area contributed by atoms with Crippen molar-refractivity contribution in [2.75, 3.05) is 33.8 Å². The van der Waals surface area contributed by atoms with Crippen molar-refractivity contribution in [3.8, 4) is 0 Å². The molecule has 0 heterocycles. The van der Waals surface area contributed by atoms with Crippen molar-refractivity contribution < 1.29 is 38.6 Å². The van der Waals surface area contributed by atoms with Crippen LogP contribution in [0.25, 0.3) is 0 Å². The minimum absolute atomic E-state index is 0.157. The number of carboxylic acids is 1. The van der Waals surface area contributed by atoms with Crippen molar-refractivity contribution in [1.82, 2.24) is 0 Å². The van der Waals surface area contributed by atoms with Gasteiger partial charge in [0, 0.05) is 13.3 Å². The Morgan fingerprint density at radius 2 is 1.41 bits per heavy atom. The highest BCUT2D eigenvalue weighted by Crippen LogP contribution is 2.18. The number of nitrogens with zero attached hydrogens (tertiary/aromatic N) is 1. The van der Waals surface area contributed by atoms with Crippen LogP contribution in [-0.4, -0.2) is 78.6 Å². The summed E-state index contributed by atoms with van der Waals surface area (Å²) in [6.07, 6.45) is 11.5. The average Bonchev–Trinajstić information content (AvgIpc) is 2.73. The molecular weight excluding hydrogens is 438 g/mol. The van der Waals surface area contributed by atoms with Gasteiger partial charge in [0.1, 0.15) is 19.3 Å². The molecular formula is C26H50NO7+. The first-order valence-corrected chi connectivity index (χ1v) is 13.1. The number of likely N-dealkylation sites (N-methyl/N-ethyl adjacent to an activating group) is 1. The van der Waals surface area contributed by atoms with Crippen molar-refractivity contribution in [2.45, 2.75) is 116 Å². The van der Waals surface area contributed by atoms with E-state index in [1.54, 1.807) is 0 Å². The van der Waals surface area contributed by atoms with E-state index in [1.165, 1.54) is 6.92 Å². The van der Waals surface area contributed by atoms with Crippen LogP contribution in [0, 0.1) is 0 Å². The second-order valence-corrected chi connectivity index (χ2v) is 10.0. The molecule has 0 aromatic heterocycles. The summed E-state index contributed by atoms with van der Waals surface area (Å²) in [7, 11) is 3.78. The number of unbranched alkanes of at least 4 members (excludes halogenated alkanes) is 9. The maximum atomic E-state index is 12.6. The molecule has 0 aliphatic heterocycles. The molecule has 0 bridgehead atoms. The van der Waals surface area contributed by atoms with Gasteiger partial charge in [-0.05, 0) is 25.7 Å². The molecule has 0 aromatic rings. The molecule has 0 aliphatic carbocycles. The van der Waals surface area contributed by atoms with Gasteiger partial charge in [-0.1, -0.05) is 64.7 Å². The van der Waals surface area contributed by atoms with Gasteiger partial charge in [-0.25, -0.2) is 4.79 Å². The number of carbonyl (C=O) groups excluding carboxylic acids is 2. The molecule has 0 rings (SSSR count). The summed E-state index contributed by atoms with van der Waals surface area (Å²) in [5.74, 6) is -1.40. The molecule has 0 spiro atoms. The number of ether oxygens (including phenoxy) is 2. The molecule has 0 radical (unpaired) electrons. The first kappa shape index (κ1) is 32.3. The Balaban J connectivity index is 4.30. The topological polar surface area (TPSA) is 110 Å². The number of carbonyl (C=O) groups is 3. The lowest BCUT2D eigenvalue weighted by atomic mass is 10.00. The highest BCUT2D eigenvalue weighted by Gasteiger charge is 2.27. The lowest BCUT2D eigenvalue weighted by molar-refractivity contribution is -0.883. The molecule has 200 valence electrons. The molecule has 8 nitrogen and oxygen atoms in total. The molecule has 8 heteroatoms. The summed E-state index contributed by atoms with van der Waals surface area (Å²) in [6, 6.07) is 0. The summed E-state index contributed by atoms with van der Waals surface area (Å²) >= 11 is 0. The molecule has 0 saturated heterocycles. The predicted octanol–water partition coefficient (Wildman–Crippen LogP) is 4.46. The SMILES string of the molecule is CCCCCC(OC(=O)C[N+](C)(C)CCOC(C)=O)C(O)CCCCCCCCCCC(=O)O. The lowest BCUT2D eigenvalue weighted by Crippen LogP contribution is -2.47. The third-order valence-electron chi connectivity index (χ3n) is 6.00. The number of aliphatic hydroxyl groups is 1. The highest BCUT2D eigenvalue weighted by molar-refractivity contribution is 5.70. The van der Waals surface area contributed by atoms with E-state index in [2.05, 4.69) is 6.92 Å². The first-order chi connectivity index (χ1) is 16.1. The summed E-state index contributed by atoms with van der Waals surface area (Å²) in [5.41, 5.74) is 0. The standard InChI is InChI=1S/C26H49NO7/c1-5-6-13-17-24(34-26(32)21-27(3,4)19-20-33-22(2)28)23(29)16-14-11-9-7-8-10-12-15-18-25(30)31/h23-24,29H,5-21H2,1-4H3/p+1. The van der Waals surface area contributed by atoms with Crippen molar-refractivity contribution >= 4 is 17.9 Å². The van der Waals surface area contributed by atoms with E-state index < -0.39 is 18.2 Å². The minimum atomic E-state index is -0.723. The van der Waals surface area contributed by atoms with Crippen molar-refractivity contribution in [3.63, 3.8) is 0 Å². The molecule has 2 N–H and O–H groups in total. The molecule has 0 amide bonds. The quantitative estimate of drug-likeness (QED) is 0.131. The number of hydrogen-bond acceptors (Lipinski definition) is 6. The van der Waals surface area contributed by atoms with Crippen LogP contribution in [-0.2, 0) is 23.9 Å². The van der Waals surface area contributed by atoms with Crippen molar-refractivity contribution in [1.29, 1.82) is 0 Å². The Morgan fingerprint density at radius 1 is 0.853 bits per heavy atom. The summed E-state index contributed by atoms with van der Waals surface area (Å²) in [4.78, 5) is 34.0. The molecule has 0 aromatic carbocycles. The monoisotopic (exact) mass is 488 g/mol. The Labute approximate surface area is 206 Å². The number of hydrogen-bond donors (Lipinski definition) is 2. The number of rotatable bonds is 22. The van der Waals surface area contributed by atoms with E-state index in [9.17, 15) is 19.5 Å². The van der Waals surface area contributed by atoms with Gasteiger partial charge < -0.3 is 24.2 Å². The second-order valence-electron chi connectivity index (χ2n) is 10.0. The fourth-order valence-corrected chi connectivity index (χ4v) is 3.87. The zero-order valence-corrected chi connectivity index (χ0v) is 22.1. The third kappa shape index (κ3) is 19.8. The van der Waals surface area contributed by atoms with Gasteiger partial charge in [-0.15, -0.1) is 0 Å². The minimum Gasteiger partial charge on any atom is -0.481 e. The Kier molecular flexibility index (Phi) is 18.7. The van der Waals surface area contributed by atoms with Crippen LogP contribution in [0.2, 0.25) is 0 Å². The number of esters is 2. The van der Waals surface area contributed by atoms with Crippen LogP contribution in [0.5, 0.6) is 0 Å². The summed E-state index contributed by atoms with van der Waals surface area (Å²) in [5, 5.41) is 19.4. The van der Waals surface area contributed by atoms with Crippen LogP contribution < -0.4 is 0 Å². The van der Waals surface area contributed by atoms with E-state index in [0.29, 0.717) is 23.9 Å². The van der Waals surface area contributed by atoms with E-state index in [1.807, 2.05) is 14.1 Å². The lowest BCUT2D eigenvalue weighted by Gasteiger charge is -2.30.